The maximum absolute atomic E-state index is 12.1. The highest BCUT2D eigenvalue weighted by atomic mass is 16.6. The van der Waals surface area contributed by atoms with Gasteiger partial charge in [-0.3, -0.25) is 9.59 Å². The van der Waals surface area contributed by atoms with Crippen molar-refractivity contribution in [2.75, 3.05) is 0 Å². The molecule has 0 aromatic heterocycles. The Bertz CT molecular complexity index is 780. The maximum Gasteiger partial charge on any atom is 0.306 e. The molecule has 5 fully saturated rings. The van der Waals surface area contributed by atoms with Gasteiger partial charge in [-0.05, 0) is 80.1 Å². The fourth-order valence-corrected chi connectivity index (χ4v) is 8.87. The van der Waals surface area contributed by atoms with Crippen molar-refractivity contribution in [2.45, 2.75) is 63.9 Å². The van der Waals surface area contributed by atoms with Crippen LogP contribution in [0, 0.1) is 46.8 Å². The minimum Gasteiger partial charge on any atom is -0.458 e. The summed E-state index contributed by atoms with van der Waals surface area (Å²) < 4.78 is 6.18. The van der Waals surface area contributed by atoms with E-state index in [0.717, 1.165) is 31.6 Å². The summed E-state index contributed by atoms with van der Waals surface area (Å²) in [5.41, 5.74) is 1.38. The summed E-state index contributed by atoms with van der Waals surface area (Å²) in [6, 6.07) is 0. The molecule has 1 spiro atoms. The molecule has 1 aliphatic heterocycles. The van der Waals surface area contributed by atoms with Crippen LogP contribution in [0.25, 0.3) is 0 Å². The van der Waals surface area contributed by atoms with E-state index < -0.39 is 0 Å². The van der Waals surface area contributed by atoms with Crippen LogP contribution in [0.5, 0.6) is 0 Å². The van der Waals surface area contributed by atoms with Gasteiger partial charge in [0, 0.05) is 24.2 Å². The molecule has 6 aliphatic rings. The van der Waals surface area contributed by atoms with Crippen LogP contribution in [0.2, 0.25) is 0 Å². The predicted molar refractivity (Wildman–Crippen MR) is 102 cm³/mol. The second kappa shape index (κ2) is 5.15. The number of carbonyl (C=O) groups is 2. The summed E-state index contributed by atoms with van der Waals surface area (Å²) in [4.78, 5) is 24.1. The molecule has 0 radical (unpaired) electrons. The maximum atomic E-state index is 12.1. The van der Waals surface area contributed by atoms with E-state index >= 15 is 0 Å². The zero-order chi connectivity index (χ0) is 18.6. The van der Waals surface area contributed by atoms with E-state index in [-0.39, 0.29) is 17.0 Å². The van der Waals surface area contributed by atoms with Crippen molar-refractivity contribution >= 4 is 11.8 Å². The molecule has 6 rings (SSSR count). The zero-order valence-corrected chi connectivity index (χ0v) is 16.3. The molecule has 5 aliphatic carbocycles. The lowest BCUT2D eigenvalue weighted by Crippen LogP contribution is -2.56. The van der Waals surface area contributed by atoms with Gasteiger partial charge >= 0.3 is 5.97 Å². The van der Waals surface area contributed by atoms with Crippen molar-refractivity contribution in [3.05, 3.63) is 24.3 Å². The number of allylic oxidation sites excluding steroid dienone is 2. The summed E-state index contributed by atoms with van der Waals surface area (Å²) >= 11 is 0. The van der Waals surface area contributed by atoms with Crippen LogP contribution in [0.15, 0.2) is 24.3 Å². The van der Waals surface area contributed by atoms with E-state index in [9.17, 15) is 9.59 Å². The highest BCUT2D eigenvalue weighted by Gasteiger charge is 2.79. The first-order valence-corrected chi connectivity index (χ1v) is 11.1. The Kier molecular flexibility index (Phi) is 3.16. The molecule has 9 atom stereocenters. The van der Waals surface area contributed by atoms with Gasteiger partial charge in [0.15, 0.2) is 5.78 Å². The summed E-state index contributed by atoms with van der Waals surface area (Å²) in [6.07, 6.45) is 12.2. The lowest BCUT2D eigenvalue weighted by Gasteiger charge is -2.59. The average molecular weight is 367 g/mol. The minimum atomic E-state index is -0.172. The number of rotatable bonds is 1. The zero-order valence-electron chi connectivity index (χ0n) is 16.3. The van der Waals surface area contributed by atoms with Crippen LogP contribution < -0.4 is 0 Å². The van der Waals surface area contributed by atoms with Crippen LogP contribution >= 0.6 is 0 Å². The third-order valence-corrected chi connectivity index (χ3v) is 9.81. The van der Waals surface area contributed by atoms with Gasteiger partial charge in [0.05, 0.1) is 0 Å². The van der Waals surface area contributed by atoms with Crippen molar-refractivity contribution in [1.82, 2.24) is 0 Å². The molecule has 1 heterocycles. The number of ether oxygens (including phenoxy) is 1. The Hall–Kier alpha value is -1.38. The van der Waals surface area contributed by atoms with Gasteiger partial charge in [0.25, 0.3) is 0 Å². The topological polar surface area (TPSA) is 43.4 Å². The number of hydrogen-bond donors (Lipinski definition) is 0. The Morgan fingerprint density at radius 2 is 2.04 bits per heavy atom. The largest absolute Gasteiger partial charge is 0.458 e. The van der Waals surface area contributed by atoms with Crippen molar-refractivity contribution in [3.8, 4) is 0 Å². The van der Waals surface area contributed by atoms with Crippen LogP contribution in [0.4, 0.5) is 0 Å². The third-order valence-electron chi connectivity index (χ3n) is 9.81. The number of hydrogen-bond acceptors (Lipinski definition) is 3. The molecule has 3 unspecified atom stereocenters. The lowest BCUT2D eigenvalue weighted by molar-refractivity contribution is -0.175. The Morgan fingerprint density at radius 3 is 2.78 bits per heavy atom. The average Bonchev–Trinajstić information content (AvgIpc) is 3.29. The van der Waals surface area contributed by atoms with E-state index in [1.165, 1.54) is 24.8 Å². The first-order valence-electron chi connectivity index (χ1n) is 11.1. The first-order chi connectivity index (χ1) is 13.0. The Balaban J connectivity index is 1.42. The summed E-state index contributed by atoms with van der Waals surface area (Å²) in [5, 5.41) is 0. The lowest BCUT2D eigenvalue weighted by atomic mass is 9.46. The fraction of sp³-hybridized carbons (Fsp3) is 0.750. The number of carbonyl (C=O) groups excluding carboxylic acids is 2. The normalized spacial score (nSPS) is 55.1. The summed E-state index contributed by atoms with van der Waals surface area (Å²) in [7, 11) is 0. The van der Waals surface area contributed by atoms with Gasteiger partial charge in [-0.25, -0.2) is 0 Å². The SMILES string of the molecule is C=C[C@@H]1CC2=CC(=O)CC[C@@H]2C2CC[C@@]3(C)C(C21)[C@H]1C[C@H]1[C@@]31CCC(=O)O1. The molecule has 0 bridgehead atoms. The third kappa shape index (κ3) is 1.89. The van der Waals surface area contributed by atoms with Gasteiger partial charge in [-0.2, -0.15) is 0 Å². The highest BCUT2D eigenvalue weighted by molar-refractivity contribution is 5.91. The molecular formula is C24H30O3. The van der Waals surface area contributed by atoms with Gasteiger partial charge in [0.2, 0.25) is 0 Å². The molecule has 3 heteroatoms. The predicted octanol–water partition coefficient (Wildman–Crippen LogP) is 4.47. The van der Waals surface area contributed by atoms with Gasteiger partial charge in [-0.1, -0.05) is 18.6 Å². The van der Waals surface area contributed by atoms with Gasteiger partial charge in [-0.15, -0.1) is 6.58 Å². The van der Waals surface area contributed by atoms with Gasteiger partial charge < -0.3 is 4.74 Å². The number of ketones is 1. The second-order valence-corrected chi connectivity index (χ2v) is 10.5. The quantitative estimate of drug-likeness (QED) is 0.508. The molecule has 144 valence electrons. The summed E-state index contributed by atoms with van der Waals surface area (Å²) in [5.74, 6) is 4.79. The summed E-state index contributed by atoms with van der Waals surface area (Å²) in [6.45, 7) is 6.66. The van der Waals surface area contributed by atoms with E-state index in [4.69, 9.17) is 4.74 Å². The van der Waals surface area contributed by atoms with Crippen molar-refractivity contribution in [1.29, 1.82) is 0 Å². The van der Waals surface area contributed by atoms with Crippen molar-refractivity contribution in [3.63, 3.8) is 0 Å². The standard InChI is InChI=1S/C24H30O3/c1-3-13-10-14-11-15(25)4-5-16(14)17-6-8-23(2)22(21(13)17)18-12-19(18)24(23)9-7-20(26)27-24/h3,11,13,16-19,21-22H,1,4-10,12H2,2H3/t13-,16+,17?,18+,19-,21?,22?,23+,24+/m1/s1. The van der Waals surface area contributed by atoms with Crippen LogP contribution in [0.1, 0.15) is 58.3 Å². The molecule has 3 nitrogen and oxygen atoms in total. The van der Waals surface area contributed by atoms with E-state index in [0.29, 0.717) is 47.7 Å². The smallest absolute Gasteiger partial charge is 0.306 e. The molecule has 0 aromatic rings. The fourth-order valence-electron chi connectivity index (χ4n) is 8.87. The van der Waals surface area contributed by atoms with E-state index in [1.807, 2.05) is 6.08 Å². The highest BCUT2D eigenvalue weighted by Crippen LogP contribution is 2.78. The van der Waals surface area contributed by atoms with E-state index in [1.54, 1.807) is 0 Å². The molecule has 27 heavy (non-hydrogen) atoms. The number of esters is 1. The van der Waals surface area contributed by atoms with Crippen LogP contribution in [0.3, 0.4) is 0 Å². The minimum absolute atomic E-state index is 0.0320. The van der Waals surface area contributed by atoms with Crippen LogP contribution in [-0.2, 0) is 14.3 Å². The van der Waals surface area contributed by atoms with E-state index in [2.05, 4.69) is 19.6 Å². The molecule has 0 amide bonds. The Labute approximate surface area is 161 Å². The molecule has 0 N–H and O–H groups in total. The second-order valence-electron chi connectivity index (χ2n) is 10.5. The molecule has 1 saturated heterocycles. The van der Waals surface area contributed by atoms with Crippen LogP contribution in [-0.4, -0.2) is 17.4 Å². The van der Waals surface area contributed by atoms with Crippen molar-refractivity contribution in [2.24, 2.45) is 46.8 Å². The van der Waals surface area contributed by atoms with Gasteiger partial charge in [0.1, 0.15) is 5.60 Å². The Morgan fingerprint density at radius 1 is 1.19 bits per heavy atom. The molecule has 0 aromatic carbocycles. The van der Waals surface area contributed by atoms with Crippen molar-refractivity contribution < 1.29 is 14.3 Å². The molecule has 4 saturated carbocycles. The first kappa shape index (κ1) is 16.6. The monoisotopic (exact) mass is 366 g/mol. The number of fused-ring (bicyclic) bond motifs is 9. The molecular weight excluding hydrogens is 336 g/mol.